The molecule has 2 aliphatic carbocycles. The van der Waals surface area contributed by atoms with E-state index in [2.05, 4.69) is 41.8 Å². The number of nitrogens with zero attached hydrogens (tertiary/aromatic N) is 2. The van der Waals surface area contributed by atoms with Crippen LogP contribution in [0, 0.1) is 0 Å². The zero-order valence-electron chi connectivity index (χ0n) is 20.7. The van der Waals surface area contributed by atoms with Gasteiger partial charge < -0.3 is 9.80 Å². The molecule has 3 fully saturated rings. The molecule has 36 heavy (non-hydrogen) atoms. The molecule has 1 heterocycles. The van der Waals surface area contributed by atoms with Crippen LogP contribution in [0.3, 0.4) is 0 Å². The molecule has 0 unspecified atom stereocenters. The Kier molecular flexibility index (Phi) is 7.25. The summed E-state index contributed by atoms with van der Waals surface area (Å²) in [5, 5.41) is 0. The first-order chi connectivity index (χ1) is 17.3. The molecule has 1 saturated heterocycles. The van der Waals surface area contributed by atoms with E-state index in [0.29, 0.717) is 17.5 Å². The second-order valence-corrected chi connectivity index (χ2v) is 10.7. The zero-order chi connectivity index (χ0) is 25.3. The molecule has 0 aromatic heterocycles. The lowest BCUT2D eigenvalue weighted by Gasteiger charge is -2.43. The molecule has 5 rings (SSSR count). The Balaban J connectivity index is 1.17. The van der Waals surface area contributed by atoms with Crippen LogP contribution in [0.5, 0.6) is 0 Å². The van der Waals surface area contributed by atoms with Crippen molar-refractivity contribution in [1.29, 1.82) is 0 Å². The van der Waals surface area contributed by atoms with E-state index in [1.807, 2.05) is 4.90 Å². The number of hydrogen-bond acceptors (Lipinski definition) is 2. The number of allylic oxidation sites excluding steroid dienone is 1. The highest BCUT2D eigenvalue weighted by Crippen LogP contribution is 2.38. The Morgan fingerprint density at radius 1 is 0.778 bits per heavy atom. The maximum absolute atomic E-state index is 13.4. The van der Waals surface area contributed by atoms with Crippen molar-refractivity contribution in [1.82, 2.24) is 9.80 Å². The molecule has 0 radical (unpaired) electrons. The Labute approximate surface area is 212 Å². The molecule has 0 bridgehead atoms. The Morgan fingerprint density at radius 3 is 1.89 bits per heavy atom. The summed E-state index contributed by atoms with van der Waals surface area (Å²) >= 11 is 0. The second kappa shape index (κ2) is 10.4. The number of amides is 1. The number of halogens is 3. The van der Waals surface area contributed by atoms with E-state index in [0.717, 1.165) is 38.8 Å². The van der Waals surface area contributed by atoms with Crippen LogP contribution in [0.2, 0.25) is 0 Å². The molecule has 3 nitrogen and oxygen atoms in total. The maximum Gasteiger partial charge on any atom is 0.416 e. The minimum Gasteiger partial charge on any atom is -0.333 e. The topological polar surface area (TPSA) is 23.6 Å². The maximum atomic E-state index is 13.4. The number of piperidine rings is 1. The summed E-state index contributed by atoms with van der Waals surface area (Å²) in [6, 6.07) is 17.7. The quantitative estimate of drug-likeness (QED) is 0.428. The normalized spacial score (nSPS) is 23.9. The molecule has 1 amide bonds. The lowest BCUT2D eigenvalue weighted by molar-refractivity contribution is -0.0686. The third kappa shape index (κ3) is 5.54. The van der Waals surface area contributed by atoms with E-state index >= 15 is 0 Å². The van der Waals surface area contributed by atoms with Gasteiger partial charge in [-0.15, -0.1) is 0 Å². The molecule has 0 N–H and O–H groups in total. The second-order valence-electron chi connectivity index (χ2n) is 10.7. The smallest absolute Gasteiger partial charge is 0.333 e. The number of carbonyl (C=O) groups excluding carboxylic acids is 1. The van der Waals surface area contributed by atoms with E-state index in [1.54, 1.807) is 0 Å². The van der Waals surface area contributed by atoms with Crippen LogP contribution in [0.25, 0.3) is 5.57 Å². The van der Waals surface area contributed by atoms with Crippen molar-refractivity contribution >= 4 is 11.5 Å². The fraction of sp³-hybridized carbons (Fsp3) is 0.500. The number of rotatable bonds is 6. The van der Waals surface area contributed by atoms with Crippen LogP contribution in [0.4, 0.5) is 13.2 Å². The molecule has 2 aromatic carbocycles. The molecule has 3 aliphatic rings. The van der Waals surface area contributed by atoms with Crippen molar-refractivity contribution in [3.63, 3.8) is 0 Å². The molecule has 192 valence electrons. The first-order valence-electron chi connectivity index (χ1n) is 13.3. The number of alkyl halides is 3. The Hall–Kier alpha value is -2.60. The molecule has 1 aliphatic heterocycles. The van der Waals surface area contributed by atoms with Crippen molar-refractivity contribution in [2.24, 2.45) is 0 Å². The molecule has 0 spiro atoms. The summed E-state index contributed by atoms with van der Waals surface area (Å²) in [6.45, 7) is 5.17. The highest BCUT2D eigenvalue weighted by Gasteiger charge is 2.40. The summed E-state index contributed by atoms with van der Waals surface area (Å²) in [6.07, 6.45) is 4.40. The zero-order valence-corrected chi connectivity index (χ0v) is 20.7. The van der Waals surface area contributed by atoms with Crippen molar-refractivity contribution < 1.29 is 18.0 Å². The van der Waals surface area contributed by atoms with Gasteiger partial charge in [0.25, 0.3) is 5.91 Å². The van der Waals surface area contributed by atoms with Crippen molar-refractivity contribution in [2.45, 2.75) is 81.6 Å². The van der Waals surface area contributed by atoms with Crippen LogP contribution in [-0.2, 0) is 0 Å². The summed E-state index contributed by atoms with van der Waals surface area (Å²) in [5.41, 5.74) is 1.05. The molecular formula is C30H35F3N2O. The average molecular weight is 497 g/mol. The van der Waals surface area contributed by atoms with Gasteiger partial charge in [0.05, 0.1) is 5.57 Å². The van der Waals surface area contributed by atoms with Gasteiger partial charge in [-0.3, -0.25) is 4.79 Å². The van der Waals surface area contributed by atoms with Gasteiger partial charge in [0.15, 0.2) is 0 Å². The fourth-order valence-corrected chi connectivity index (χ4v) is 6.14. The molecular weight excluding hydrogens is 461 g/mol. The van der Waals surface area contributed by atoms with Gasteiger partial charge in [-0.05, 0) is 80.5 Å². The van der Waals surface area contributed by atoms with Crippen molar-refractivity contribution in [2.75, 3.05) is 13.1 Å². The van der Waals surface area contributed by atoms with Gasteiger partial charge >= 0.3 is 6.18 Å². The number of benzene rings is 2. The lowest BCUT2D eigenvalue weighted by atomic mass is 9.81. The highest BCUT2D eigenvalue weighted by atomic mass is 19.4. The Bertz CT molecular complexity index is 1050. The predicted molar refractivity (Wildman–Crippen MR) is 137 cm³/mol. The van der Waals surface area contributed by atoms with E-state index < -0.39 is 11.7 Å². The van der Waals surface area contributed by atoms with E-state index in [4.69, 9.17) is 0 Å². The number of hydrogen-bond donors (Lipinski definition) is 0. The summed E-state index contributed by atoms with van der Waals surface area (Å²) in [4.78, 5) is 18.1. The minimum absolute atomic E-state index is 0.00677. The lowest BCUT2D eigenvalue weighted by Crippen LogP contribution is -2.51. The number of likely N-dealkylation sites (tertiary alicyclic amines) is 1. The standard InChI is InChI=1S/C30H35F3N2O/c1-21(30(31,32)33)22-7-9-25(10-8-22)29(36)35(27-15-16-27)28-17-19-34(20-18-28)26-13-11-24(12-14-26)23-5-3-2-4-6-23/h2-10,24,26-28H,1,11-20H2. The first kappa shape index (κ1) is 25.1. The van der Waals surface area contributed by atoms with Gasteiger partial charge in [-0.1, -0.05) is 49.0 Å². The number of carbonyl (C=O) groups is 1. The summed E-state index contributed by atoms with van der Waals surface area (Å²) in [5.74, 6) is 0.617. The summed E-state index contributed by atoms with van der Waals surface area (Å²) in [7, 11) is 0. The van der Waals surface area contributed by atoms with Gasteiger partial charge in [0, 0.05) is 36.8 Å². The highest BCUT2D eigenvalue weighted by molar-refractivity contribution is 5.95. The van der Waals surface area contributed by atoms with Crippen LogP contribution < -0.4 is 0 Å². The third-order valence-electron chi connectivity index (χ3n) is 8.37. The van der Waals surface area contributed by atoms with Gasteiger partial charge in [-0.25, -0.2) is 0 Å². The molecule has 0 atom stereocenters. The van der Waals surface area contributed by atoms with Gasteiger partial charge in [0.1, 0.15) is 0 Å². The molecule has 2 aromatic rings. The summed E-state index contributed by atoms with van der Waals surface area (Å²) < 4.78 is 38.9. The van der Waals surface area contributed by atoms with E-state index in [9.17, 15) is 18.0 Å². The minimum atomic E-state index is -4.47. The third-order valence-corrected chi connectivity index (χ3v) is 8.37. The first-order valence-corrected chi connectivity index (χ1v) is 13.3. The monoisotopic (exact) mass is 496 g/mol. The van der Waals surface area contributed by atoms with Crippen LogP contribution in [0.15, 0.2) is 61.2 Å². The van der Waals surface area contributed by atoms with Crippen LogP contribution in [-0.4, -0.2) is 53.1 Å². The Morgan fingerprint density at radius 2 is 1.33 bits per heavy atom. The van der Waals surface area contributed by atoms with Gasteiger partial charge in [-0.2, -0.15) is 13.2 Å². The van der Waals surface area contributed by atoms with Crippen molar-refractivity contribution in [3.8, 4) is 0 Å². The molecule has 2 saturated carbocycles. The van der Waals surface area contributed by atoms with Crippen molar-refractivity contribution in [3.05, 3.63) is 77.9 Å². The van der Waals surface area contributed by atoms with Crippen LogP contribution in [0.1, 0.15) is 78.8 Å². The molecule has 6 heteroatoms. The van der Waals surface area contributed by atoms with E-state index in [1.165, 1.54) is 55.5 Å². The van der Waals surface area contributed by atoms with Crippen LogP contribution >= 0.6 is 0 Å². The van der Waals surface area contributed by atoms with E-state index in [-0.39, 0.29) is 23.6 Å². The average Bonchev–Trinajstić information content (AvgIpc) is 3.74. The largest absolute Gasteiger partial charge is 0.416 e. The fourth-order valence-electron chi connectivity index (χ4n) is 6.14. The van der Waals surface area contributed by atoms with Gasteiger partial charge in [0.2, 0.25) is 0 Å². The predicted octanol–water partition coefficient (Wildman–Crippen LogP) is 7.06. The SMILES string of the molecule is C=C(c1ccc(C(=O)N(C2CC2)C2CCN(C3CCC(c4ccccc4)CC3)CC2)cc1)C(F)(F)F.